The molecule has 0 bridgehead atoms. The summed E-state index contributed by atoms with van der Waals surface area (Å²) < 4.78 is 12.8. The first-order valence-electron chi connectivity index (χ1n) is 7.85. The van der Waals surface area contributed by atoms with Gasteiger partial charge in [-0.1, -0.05) is 37.9 Å². The lowest BCUT2D eigenvalue weighted by atomic mass is 10.2. The summed E-state index contributed by atoms with van der Waals surface area (Å²) in [6, 6.07) is 15.7. The van der Waals surface area contributed by atoms with Crippen molar-refractivity contribution in [2.24, 2.45) is 0 Å². The first-order valence-corrected chi connectivity index (χ1v) is 9.43. The van der Waals surface area contributed by atoms with Crippen molar-refractivity contribution in [1.82, 2.24) is 0 Å². The molecular weight excluding hydrogens is 496 g/mol. The highest BCUT2D eigenvalue weighted by molar-refractivity contribution is 9.10. The molecule has 28 heavy (non-hydrogen) atoms. The van der Waals surface area contributed by atoms with Crippen LogP contribution in [0.3, 0.4) is 0 Å². The van der Waals surface area contributed by atoms with Crippen molar-refractivity contribution >= 4 is 43.8 Å². The summed E-state index contributed by atoms with van der Waals surface area (Å²) in [5, 5.41) is 18.6. The second-order valence-electron chi connectivity index (χ2n) is 5.57. The number of carbonyl (C=O) groups is 2. The monoisotopic (exact) mass is 506 g/mol. The fourth-order valence-corrected chi connectivity index (χ4v) is 3.05. The molecular formula is C20H12Br2O6. The van der Waals surface area contributed by atoms with Crippen LogP contribution in [0.4, 0.5) is 0 Å². The number of hydrogen-bond donors (Lipinski definition) is 2. The van der Waals surface area contributed by atoms with E-state index in [4.69, 9.17) is 9.47 Å². The minimum atomic E-state index is -1.12. The van der Waals surface area contributed by atoms with Gasteiger partial charge in [-0.3, -0.25) is 0 Å². The van der Waals surface area contributed by atoms with Crippen LogP contribution in [-0.4, -0.2) is 22.2 Å². The Bertz CT molecular complexity index is 984. The molecule has 0 saturated heterocycles. The third-order valence-corrected chi connectivity index (χ3v) is 4.60. The smallest absolute Gasteiger partial charge is 0.339 e. The Hall–Kier alpha value is -2.84. The predicted octanol–water partition coefficient (Wildman–Crippen LogP) is 6.19. The molecule has 0 fully saturated rings. The van der Waals surface area contributed by atoms with Gasteiger partial charge in [-0.15, -0.1) is 0 Å². The van der Waals surface area contributed by atoms with E-state index in [1.54, 1.807) is 48.5 Å². The molecule has 0 aliphatic carbocycles. The summed E-state index contributed by atoms with van der Waals surface area (Å²) in [5.41, 5.74) is 0.0179. The molecule has 0 saturated carbocycles. The van der Waals surface area contributed by atoms with Crippen molar-refractivity contribution < 1.29 is 29.3 Å². The number of carboxylic acids is 2. The van der Waals surface area contributed by atoms with Gasteiger partial charge in [-0.05, 0) is 48.5 Å². The molecule has 3 rings (SSSR count). The van der Waals surface area contributed by atoms with Crippen LogP contribution in [0.1, 0.15) is 20.7 Å². The van der Waals surface area contributed by atoms with Gasteiger partial charge in [0, 0.05) is 15.0 Å². The number of carboxylic acid groups (broad SMARTS) is 2. The lowest BCUT2D eigenvalue weighted by Crippen LogP contribution is -2.01. The molecule has 0 amide bonds. The molecule has 0 radical (unpaired) electrons. The maximum atomic E-state index is 11.4. The first-order chi connectivity index (χ1) is 13.3. The van der Waals surface area contributed by atoms with E-state index in [9.17, 15) is 19.8 Å². The van der Waals surface area contributed by atoms with Crippen LogP contribution in [0, 0.1) is 0 Å². The van der Waals surface area contributed by atoms with Crippen molar-refractivity contribution in [2.45, 2.75) is 0 Å². The van der Waals surface area contributed by atoms with Crippen LogP contribution < -0.4 is 9.47 Å². The van der Waals surface area contributed by atoms with Crippen LogP contribution in [-0.2, 0) is 0 Å². The Kier molecular flexibility index (Phi) is 6.01. The van der Waals surface area contributed by atoms with Crippen molar-refractivity contribution in [2.75, 3.05) is 0 Å². The SMILES string of the molecule is O=C(O)c1ccc(Br)cc1Oc1cccc(Oc2cc(Br)ccc2C(=O)O)c1. The van der Waals surface area contributed by atoms with E-state index in [0.717, 1.165) is 0 Å². The van der Waals surface area contributed by atoms with Crippen LogP contribution >= 0.6 is 31.9 Å². The zero-order valence-electron chi connectivity index (χ0n) is 14.1. The van der Waals surface area contributed by atoms with Crippen molar-refractivity contribution in [3.8, 4) is 23.0 Å². The van der Waals surface area contributed by atoms with Crippen LogP contribution in [0.15, 0.2) is 69.6 Å². The summed E-state index contributed by atoms with van der Waals surface area (Å²) in [5.74, 6) is -1.24. The third kappa shape index (κ3) is 4.71. The molecule has 142 valence electrons. The van der Waals surface area contributed by atoms with Crippen molar-refractivity contribution in [1.29, 1.82) is 0 Å². The van der Waals surface area contributed by atoms with Crippen LogP contribution in [0.5, 0.6) is 23.0 Å². The number of ether oxygens (including phenoxy) is 2. The standard InChI is InChI=1S/C20H12Br2O6/c21-11-4-6-15(19(23)24)17(8-11)27-13-2-1-3-14(10-13)28-18-9-12(22)5-7-16(18)20(25)26/h1-10H,(H,23,24)(H,25,26). The first kappa shape index (κ1) is 19.9. The quantitative estimate of drug-likeness (QED) is 0.413. The Labute approximate surface area is 176 Å². The fourth-order valence-electron chi connectivity index (χ4n) is 2.37. The van der Waals surface area contributed by atoms with E-state index in [1.807, 2.05) is 0 Å². The largest absolute Gasteiger partial charge is 0.478 e. The van der Waals surface area contributed by atoms with E-state index in [0.29, 0.717) is 20.4 Å². The summed E-state index contributed by atoms with van der Waals surface area (Å²) in [6.45, 7) is 0. The van der Waals surface area contributed by atoms with E-state index < -0.39 is 11.9 Å². The van der Waals surface area contributed by atoms with Crippen LogP contribution in [0.2, 0.25) is 0 Å². The summed E-state index contributed by atoms with van der Waals surface area (Å²) >= 11 is 6.58. The van der Waals surface area contributed by atoms with Gasteiger partial charge in [0.2, 0.25) is 0 Å². The predicted molar refractivity (Wildman–Crippen MR) is 109 cm³/mol. The topological polar surface area (TPSA) is 93.1 Å². The normalized spacial score (nSPS) is 10.4. The highest BCUT2D eigenvalue weighted by Gasteiger charge is 2.15. The van der Waals surface area contributed by atoms with Gasteiger partial charge in [0.05, 0.1) is 0 Å². The fraction of sp³-hybridized carbons (Fsp3) is 0. The molecule has 0 aliphatic heterocycles. The van der Waals surface area contributed by atoms with Crippen LogP contribution in [0.25, 0.3) is 0 Å². The lowest BCUT2D eigenvalue weighted by Gasteiger charge is -2.12. The Morgan fingerprint density at radius 3 is 1.50 bits per heavy atom. The van der Waals surface area contributed by atoms with E-state index in [1.165, 1.54) is 12.1 Å². The number of aromatic carboxylic acids is 2. The molecule has 0 atom stereocenters. The van der Waals surface area contributed by atoms with Gasteiger partial charge >= 0.3 is 11.9 Å². The van der Waals surface area contributed by atoms with Gasteiger partial charge in [-0.2, -0.15) is 0 Å². The van der Waals surface area contributed by atoms with Gasteiger partial charge in [0.15, 0.2) is 0 Å². The van der Waals surface area contributed by atoms with Gasteiger partial charge in [-0.25, -0.2) is 9.59 Å². The highest BCUT2D eigenvalue weighted by atomic mass is 79.9. The number of rotatable bonds is 6. The highest BCUT2D eigenvalue weighted by Crippen LogP contribution is 2.33. The maximum absolute atomic E-state index is 11.4. The molecule has 8 heteroatoms. The lowest BCUT2D eigenvalue weighted by molar-refractivity contribution is 0.0683. The van der Waals surface area contributed by atoms with Gasteiger partial charge in [0.1, 0.15) is 34.1 Å². The van der Waals surface area contributed by atoms with Crippen molar-refractivity contribution in [3.63, 3.8) is 0 Å². The van der Waals surface area contributed by atoms with E-state index >= 15 is 0 Å². The number of hydrogen-bond acceptors (Lipinski definition) is 4. The second-order valence-corrected chi connectivity index (χ2v) is 7.40. The molecule has 6 nitrogen and oxygen atoms in total. The Balaban J connectivity index is 1.91. The average molecular weight is 508 g/mol. The molecule has 0 unspecified atom stereocenters. The molecule has 0 heterocycles. The summed E-state index contributed by atoms with van der Waals surface area (Å²) in [4.78, 5) is 22.8. The molecule has 3 aromatic rings. The van der Waals surface area contributed by atoms with Crippen molar-refractivity contribution in [3.05, 3.63) is 80.7 Å². The van der Waals surface area contributed by atoms with Gasteiger partial charge in [0.25, 0.3) is 0 Å². The minimum absolute atomic E-state index is 0.00896. The Morgan fingerprint density at radius 2 is 1.11 bits per heavy atom. The maximum Gasteiger partial charge on any atom is 0.339 e. The molecule has 3 aromatic carbocycles. The number of benzene rings is 3. The number of halogens is 2. The molecule has 0 aliphatic rings. The molecule has 0 spiro atoms. The summed E-state index contributed by atoms with van der Waals surface area (Å²) in [6.07, 6.45) is 0. The zero-order chi connectivity index (χ0) is 20.3. The Morgan fingerprint density at radius 1 is 0.679 bits per heavy atom. The van der Waals surface area contributed by atoms with E-state index in [2.05, 4.69) is 31.9 Å². The molecule has 0 aromatic heterocycles. The second kappa shape index (κ2) is 8.45. The van der Waals surface area contributed by atoms with E-state index in [-0.39, 0.29) is 22.6 Å². The third-order valence-electron chi connectivity index (χ3n) is 3.61. The molecule has 2 N–H and O–H groups in total. The summed E-state index contributed by atoms with van der Waals surface area (Å²) in [7, 11) is 0. The zero-order valence-corrected chi connectivity index (χ0v) is 17.2. The average Bonchev–Trinajstić information content (AvgIpc) is 2.61. The minimum Gasteiger partial charge on any atom is -0.478 e. The van der Waals surface area contributed by atoms with Gasteiger partial charge < -0.3 is 19.7 Å².